The number of carbonyl (C=O) groups excluding carboxylic acids is 1. The average Bonchev–Trinajstić information content (AvgIpc) is 2.91. The Morgan fingerprint density at radius 3 is 2.54 bits per heavy atom. The monoisotopic (exact) mass is 330 g/mol. The maximum Gasteiger partial charge on any atom is 0.223 e. The summed E-state index contributed by atoms with van der Waals surface area (Å²) in [5.74, 6) is -0.0497. The van der Waals surface area contributed by atoms with E-state index >= 15 is 0 Å². The normalized spacial score (nSPS) is 15.0. The molecule has 1 amide bonds. The molecule has 1 aliphatic heterocycles. The Hall–Kier alpha value is -2.37. The fourth-order valence-electron chi connectivity index (χ4n) is 3.24. The molecule has 0 bridgehead atoms. The number of hydrogen-bond acceptors (Lipinski definition) is 3. The molecule has 1 N–H and O–H groups in total. The number of H-pyrrole nitrogens is 1. The van der Waals surface area contributed by atoms with Gasteiger partial charge in [-0.25, -0.2) is 4.39 Å². The minimum absolute atomic E-state index is 0.156. The highest BCUT2D eigenvalue weighted by Crippen LogP contribution is 2.20. The summed E-state index contributed by atoms with van der Waals surface area (Å²) in [5.41, 5.74) is 3.75. The van der Waals surface area contributed by atoms with E-state index in [0.717, 1.165) is 17.0 Å². The molecule has 5 nitrogen and oxygen atoms in total. The van der Waals surface area contributed by atoms with Gasteiger partial charge in [0.05, 0.1) is 11.4 Å². The van der Waals surface area contributed by atoms with Crippen LogP contribution in [0.15, 0.2) is 24.3 Å². The van der Waals surface area contributed by atoms with Crippen LogP contribution in [-0.2, 0) is 11.2 Å². The number of aromatic nitrogens is 2. The van der Waals surface area contributed by atoms with Gasteiger partial charge in [0.1, 0.15) is 5.82 Å². The van der Waals surface area contributed by atoms with Crippen LogP contribution in [0.4, 0.5) is 10.1 Å². The lowest BCUT2D eigenvalue weighted by molar-refractivity contribution is -0.131. The third kappa shape index (κ3) is 3.42. The molecular formula is C18H23FN4O. The second-order valence-electron chi connectivity index (χ2n) is 6.23. The molecule has 1 fully saturated rings. The summed E-state index contributed by atoms with van der Waals surface area (Å²) in [6.45, 7) is 6.53. The molecule has 2 aromatic rings. The first-order valence-corrected chi connectivity index (χ1v) is 8.34. The second kappa shape index (κ2) is 7.03. The van der Waals surface area contributed by atoms with Crippen LogP contribution in [0.2, 0.25) is 0 Å². The van der Waals surface area contributed by atoms with E-state index in [-0.39, 0.29) is 11.7 Å². The van der Waals surface area contributed by atoms with Gasteiger partial charge in [0.25, 0.3) is 0 Å². The molecule has 0 aliphatic carbocycles. The molecule has 0 unspecified atom stereocenters. The molecule has 0 saturated carbocycles. The van der Waals surface area contributed by atoms with Gasteiger partial charge >= 0.3 is 0 Å². The van der Waals surface area contributed by atoms with Gasteiger partial charge in [-0.2, -0.15) is 5.10 Å². The number of para-hydroxylation sites is 1. The second-order valence-corrected chi connectivity index (χ2v) is 6.23. The van der Waals surface area contributed by atoms with Crippen molar-refractivity contribution in [2.45, 2.75) is 26.7 Å². The number of carbonyl (C=O) groups is 1. The molecule has 0 radical (unpaired) electrons. The first kappa shape index (κ1) is 16.5. The summed E-state index contributed by atoms with van der Waals surface area (Å²) in [6.07, 6.45) is 1.20. The van der Waals surface area contributed by atoms with Gasteiger partial charge in [-0.15, -0.1) is 0 Å². The Bertz CT molecular complexity index is 700. The number of hydrogen-bond donors (Lipinski definition) is 1. The number of rotatable bonds is 4. The average molecular weight is 330 g/mol. The molecule has 24 heavy (non-hydrogen) atoms. The van der Waals surface area contributed by atoms with E-state index in [2.05, 4.69) is 10.2 Å². The van der Waals surface area contributed by atoms with Crippen molar-refractivity contribution in [3.63, 3.8) is 0 Å². The number of benzene rings is 1. The third-order valence-electron chi connectivity index (χ3n) is 4.70. The van der Waals surface area contributed by atoms with Crippen molar-refractivity contribution < 1.29 is 9.18 Å². The van der Waals surface area contributed by atoms with Crippen LogP contribution in [0.1, 0.15) is 23.4 Å². The number of aryl methyl sites for hydroxylation is 2. The highest BCUT2D eigenvalue weighted by Gasteiger charge is 2.22. The van der Waals surface area contributed by atoms with Crippen molar-refractivity contribution in [3.8, 4) is 0 Å². The number of anilines is 1. The fourth-order valence-corrected chi connectivity index (χ4v) is 3.24. The van der Waals surface area contributed by atoms with Crippen LogP contribution in [0.25, 0.3) is 0 Å². The highest BCUT2D eigenvalue weighted by molar-refractivity contribution is 5.77. The molecule has 1 aromatic carbocycles. The van der Waals surface area contributed by atoms with E-state index in [0.29, 0.717) is 44.7 Å². The van der Waals surface area contributed by atoms with Gasteiger partial charge in [0, 0.05) is 38.3 Å². The highest BCUT2D eigenvalue weighted by atomic mass is 19.1. The molecule has 0 atom stereocenters. The van der Waals surface area contributed by atoms with E-state index in [1.807, 2.05) is 29.7 Å². The molecule has 6 heteroatoms. The Labute approximate surface area is 141 Å². The summed E-state index contributed by atoms with van der Waals surface area (Å²) in [5, 5.41) is 7.12. The van der Waals surface area contributed by atoms with E-state index in [4.69, 9.17) is 0 Å². The number of nitrogens with one attached hydrogen (secondary N) is 1. The molecule has 0 spiro atoms. The number of piperazine rings is 1. The van der Waals surface area contributed by atoms with Crippen molar-refractivity contribution in [3.05, 3.63) is 47.0 Å². The van der Waals surface area contributed by atoms with Crippen LogP contribution in [-0.4, -0.2) is 47.2 Å². The molecule has 1 aliphatic rings. The molecular weight excluding hydrogens is 307 g/mol. The van der Waals surface area contributed by atoms with Gasteiger partial charge in [-0.3, -0.25) is 9.89 Å². The van der Waals surface area contributed by atoms with E-state index < -0.39 is 0 Å². The molecule has 2 heterocycles. The minimum atomic E-state index is -0.205. The SMILES string of the molecule is Cc1n[nH]c(C)c1CCC(=O)N1CCN(c2ccccc2F)CC1. The summed E-state index contributed by atoms with van der Waals surface area (Å²) in [6, 6.07) is 6.80. The number of nitrogens with zero attached hydrogens (tertiary/aromatic N) is 3. The predicted octanol–water partition coefficient (Wildman–Crippen LogP) is 2.45. The first-order chi connectivity index (χ1) is 11.6. The van der Waals surface area contributed by atoms with Crippen molar-refractivity contribution in [1.82, 2.24) is 15.1 Å². The van der Waals surface area contributed by atoms with Gasteiger partial charge < -0.3 is 9.80 Å². The Balaban J connectivity index is 1.53. The Kier molecular flexibility index (Phi) is 4.83. The van der Waals surface area contributed by atoms with Gasteiger partial charge in [-0.05, 0) is 38.0 Å². The number of amides is 1. The van der Waals surface area contributed by atoms with Crippen LogP contribution in [0.5, 0.6) is 0 Å². The fraction of sp³-hybridized carbons (Fsp3) is 0.444. The summed E-state index contributed by atoms with van der Waals surface area (Å²) < 4.78 is 13.9. The zero-order valence-corrected chi connectivity index (χ0v) is 14.2. The Morgan fingerprint density at radius 1 is 1.21 bits per heavy atom. The van der Waals surface area contributed by atoms with Gasteiger partial charge in [0.2, 0.25) is 5.91 Å². The largest absolute Gasteiger partial charge is 0.366 e. The van der Waals surface area contributed by atoms with Crippen LogP contribution in [0, 0.1) is 19.7 Å². The minimum Gasteiger partial charge on any atom is -0.366 e. The summed E-state index contributed by atoms with van der Waals surface area (Å²) in [4.78, 5) is 16.3. The lowest BCUT2D eigenvalue weighted by Crippen LogP contribution is -2.49. The van der Waals surface area contributed by atoms with Crippen LogP contribution >= 0.6 is 0 Å². The Morgan fingerprint density at radius 2 is 1.92 bits per heavy atom. The van der Waals surface area contributed by atoms with Gasteiger partial charge in [-0.1, -0.05) is 12.1 Å². The zero-order valence-electron chi connectivity index (χ0n) is 14.2. The number of halogens is 1. The summed E-state index contributed by atoms with van der Waals surface area (Å²) >= 11 is 0. The smallest absolute Gasteiger partial charge is 0.223 e. The quantitative estimate of drug-likeness (QED) is 0.937. The van der Waals surface area contributed by atoms with Crippen LogP contribution < -0.4 is 4.90 Å². The van der Waals surface area contributed by atoms with Crippen molar-refractivity contribution >= 4 is 11.6 Å². The topological polar surface area (TPSA) is 52.2 Å². The molecule has 1 saturated heterocycles. The van der Waals surface area contributed by atoms with E-state index in [9.17, 15) is 9.18 Å². The van der Waals surface area contributed by atoms with E-state index in [1.54, 1.807) is 12.1 Å². The maximum atomic E-state index is 13.9. The first-order valence-electron chi connectivity index (χ1n) is 8.34. The van der Waals surface area contributed by atoms with Crippen molar-refractivity contribution in [2.75, 3.05) is 31.1 Å². The van der Waals surface area contributed by atoms with Gasteiger partial charge in [0.15, 0.2) is 0 Å². The third-order valence-corrected chi connectivity index (χ3v) is 4.70. The van der Waals surface area contributed by atoms with E-state index in [1.165, 1.54) is 6.07 Å². The predicted molar refractivity (Wildman–Crippen MR) is 91.6 cm³/mol. The molecule has 1 aromatic heterocycles. The standard InChI is InChI=1S/C18H23FN4O/c1-13-15(14(2)21-20-13)7-8-18(24)23-11-9-22(10-12-23)17-6-4-3-5-16(17)19/h3-6H,7-12H2,1-2H3,(H,20,21). The van der Waals surface area contributed by atoms with Crippen molar-refractivity contribution in [1.29, 1.82) is 0 Å². The van der Waals surface area contributed by atoms with Crippen LogP contribution in [0.3, 0.4) is 0 Å². The maximum absolute atomic E-state index is 13.9. The van der Waals surface area contributed by atoms with Crippen molar-refractivity contribution in [2.24, 2.45) is 0 Å². The lowest BCUT2D eigenvalue weighted by atomic mass is 10.1. The number of aromatic amines is 1. The summed E-state index contributed by atoms with van der Waals surface area (Å²) in [7, 11) is 0. The molecule has 3 rings (SSSR count). The lowest BCUT2D eigenvalue weighted by Gasteiger charge is -2.36. The zero-order chi connectivity index (χ0) is 17.1. The molecule has 128 valence electrons.